The average molecular weight is 394 g/mol. The van der Waals surface area contributed by atoms with E-state index in [1.807, 2.05) is 37.4 Å². The van der Waals surface area contributed by atoms with Crippen LogP contribution in [0.1, 0.15) is 37.2 Å². The van der Waals surface area contributed by atoms with E-state index in [0.717, 1.165) is 4.90 Å². The highest BCUT2D eigenvalue weighted by Crippen LogP contribution is 2.42. The number of aromatic nitrogens is 3. The molecule has 1 aromatic carbocycles. The molecule has 1 aliphatic heterocycles. The second-order valence-corrected chi connectivity index (χ2v) is 7.71. The summed E-state index contributed by atoms with van der Waals surface area (Å²) in [6.45, 7) is 1.95. The van der Waals surface area contributed by atoms with Gasteiger partial charge in [-0.2, -0.15) is 18.2 Å². The molecule has 0 saturated heterocycles. The Labute approximate surface area is 158 Å². The molecule has 0 spiro atoms. The number of anilines is 1. The summed E-state index contributed by atoms with van der Waals surface area (Å²) < 4.78 is 40.7. The normalized spacial score (nSPS) is 22.3. The predicted octanol–water partition coefficient (Wildman–Crippen LogP) is 4.29. The lowest BCUT2D eigenvalue weighted by atomic mass is 9.81. The summed E-state index contributed by atoms with van der Waals surface area (Å²) in [5.74, 6) is -1.14. The number of allylic oxidation sites excluding steroid dienone is 2. The standard InChI is InChI=1S/C18H17F3N4OS/c1-9-7-12-14(13(26)8-9)15(10-3-5-11(27-2)6-4-10)25-17(22-12)23-16(24-25)18(19,20)21/h3-6,9,15H,7-8H2,1-2H3,(H,22,23,24)/t9-,15+/m0/s1. The lowest BCUT2D eigenvalue weighted by Gasteiger charge is -2.34. The van der Waals surface area contributed by atoms with Crippen LogP contribution in [-0.2, 0) is 11.0 Å². The number of thioether (sulfide) groups is 1. The molecular formula is C18H17F3N4OS. The minimum absolute atomic E-state index is 0.0157. The van der Waals surface area contributed by atoms with Crippen molar-refractivity contribution in [2.24, 2.45) is 5.92 Å². The van der Waals surface area contributed by atoms with Gasteiger partial charge in [0.1, 0.15) is 6.04 Å². The minimum Gasteiger partial charge on any atom is -0.328 e. The van der Waals surface area contributed by atoms with Crippen molar-refractivity contribution >= 4 is 23.5 Å². The van der Waals surface area contributed by atoms with Crippen molar-refractivity contribution in [2.75, 3.05) is 11.6 Å². The van der Waals surface area contributed by atoms with Gasteiger partial charge in [-0.05, 0) is 36.3 Å². The zero-order valence-corrected chi connectivity index (χ0v) is 15.5. The SMILES string of the molecule is CSc1ccc([C@@H]2C3=C(C[C@H](C)CC3=O)Nc3nc(C(F)(F)F)nn32)cc1. The zero-order chi connectivity index (χ0) is 19.3. The quantitative estimate of drug-likeness (QED) is 0.770. The molecule has 142 valence electrons. The van der Waals surface area contributed by atoms with Crippen LogP contribution < -0.4 is 5.32 Å². The Balaban J connectivity index is 1.88. The maximum absolute atomic E-state index is 13.2. The molecular weight excluding hydrogens is 377 g/mol. The Bertz CT molecular complexity index is 933. The Kier molecular flexibility index (Phi) is 4.29. The van der Waals surface area contributed by atoms with Crippen molar-refractivity contribution in [3.05, 3.63) is 46.9 Å². The van der Waals surface area contributed by atoms with E-state index in [2.05, 4.69) is 15.4 Å². The molecule has 27 heavy (non-hydrogen) atoms. The van der Waals surface area contributed by atoms with Crippen LogP contribution in [0.15, 0.2) is 40.4 Å². The van der Waals surface area contributed by atoms with Gasteiger partial charge in [0.05, 0.1) is 0 Å². The third-order valence-electron chi connectivity index (χ3n) is 4.81. The number of nitrogens with zero attached hydrogens (tertiary/aromatic N) is 3. The molecule has 1 N–H and O–H groups in total. The monoisotopic (exact) mass is 394 g/mol. The fourth-order valence-corrected chi connectivity index (χ4v) is 4.03. The molecule has 5 nitrogen and oxygen atoms in total. The zero-order valence-electron chi connectivity index (χ0n) is 14.7. The van der Waals surface area contributed by atoms with Crippen molar-refractivity contribution in [3.63, 3.8) is 0 Å². The fourth-order valence-electron chi connectivity index (χ4n) is 3.62. The summed E-state index contributed by atoms with van der Waals surface area (Å²) in [5.41, 5.74) is 1.84. The smallest absolute Gasteiger partial charge is 0.328 e. The predicted molar refractivity (Wildman–Crippen MR) is 95.4 cm³/mol. The van der Waals surface area contributed by atoms with Crippen molar-refractivity contribution in [1.82, 2.24) is 14.8 Å². The first kappa shape index (κ1) is 18.1. The van der Waals surface area contributed by atoms with Crippen molar-refractivity contribution < 1.29 is 18.0 Å². The van der Waals surface area contributed by atoms with Crippen LogP contribution in [-0.4, -0.2) is 26.8 Å². The number of Topliss-reactive ketones (excluding diaryl/α,β-unsaturated/α-hetero) is 1. The van der Waals surface area contributed by atoms with Crippen LogP contribution in [0.5, 0.6) is 0 Å². The number of ketones is 1. The molecule has 0 radical (unpaired) electrons. The molecule has 2 heterocycles. The van der Waals surface area contributed by atoms with E-state index in [4.69, 9.17) is 0 Å². The summed E-state index contributed by atoms with van der Waals surface area (Å²) in [4.78, 5) is 17.4. The highest BCUT2D eigenvalue weighted by molar-refractivity contribution is 7.98. The Hall–Kier alpha value is -2.29. The highest BCUT2D eigenvalue weighted by atomic mass is 32.2. The second-order valence-electron chi connectivity index (χ2n) is 6.83. The van der Waals surface area contributed by atoms with E-state index in [1.54, 1.807) is 11.8 Å². The van der Waals surface area contributed by atoms with Crippen molar-refractivity contribution in [2.45, 2.75) is 36.9 Å². The number of carbonyl (C=O) groups is 1. The average Bonchev–Trinajstić information content (AvgIpc) is 3.04. The minimum atomic E-state index is -4.66. The number of halogens is 3. The number of fused-ring (bicyclic) bond motifs is 1. The molecule has 0 saturated carbocycles. The van der Waals surface area contributed by atoms with Gasteiger partial charge in [-0.3, -0.25) is 4.79 Å². The van der Waals surface area contributed by atoms with Crippen molar-refractivity contribution in [3.8, 4) is 0 Å². The Morgan fingerprint density at radius 2 is 1.93 bits per heavy atom. The van der Waals surface area contributed by atoms with E-state index in [1.165, 1.54) is 4.68 Å². The Morgan fingerprint density at radius 1 is 1.22 bits per heavy atom. The van der Waals surface area contributed by atoms with E-state index < -0.39 is 18.0 Å². The largest absolute Gasteiger partial charge is 0.453 e. The van der Waals surface area contributed by atoms with Crippen LogP contribution in [0.2, 0.25) is 0 Å². The first-order valence-corrected chi connectivity index (χ1v) is 9.71. The molecule has 0 fully saturated rings. The van der Waals surface area contributed by atoms with Crippen LogP contribution >= 0.6 is 11.8 Å². The maximum atomic E-state index is 13.2. The topological polar surface area (TPSA) is 59.8 Å². The van der Waals surface area contributed by atoms with Crippen LogP contribution in [0.3, 0.4) is 0 Å². The molecule has 4 rings (SSSR count). The van der Waals surface area contributed by atoms with E-state index >= 15 is 0 Å². The van der Waals surface area contributed by atoms with Crippen LogP contribution in [0.4, 0.5) is 19.1 Å². The van der Waals surface area contributed by atoms with E-state index in [9.17, 15) is 18.0 Å². The summed E-state index contributed by atoms with van der Waals surface area (Å²) >= 11 is 1.57. The molecule has 0 bridgehead atoms. The molecule has 2 aromatic rings. The van der Waals surface area contributed by atoms with Gasteiger partial charge >= 0.3 is 6.18 Å². The van der Waals surface area contributed by atoms with Gasteiger partial charge in [-0.1, -0.05) is 19.1 Å². The highest BCUT2D eigenvalue weighted by Gasteiger charge is 2.42. The van der Waals surface area contributed by atoms with Crippen molar-refractivity contribution in [1.29, 1.82) is 0 Å². The lowest BCUT2D eigenvalue weighted by Crippen LogP contribution is -2.33. The fraction of sp³-hybridized carbons (Fsp3) is 0.389. The molecule has 1 aliphatic carbocycles. The summed E-state index contributed by atoms with van der Waals surface area (Å²) in [5, 5.41) is 6.61. The van der Waals surface area contributed by atoms with Gasteiger partial charge < -0.3 is 5.32 Å². The number of hydrogen-bond donors (Lipinski definition) is 1. The van der Waals surface area contributed by atoms with E-state index in [-0.39, 0.29) is 17.6 Å². The van der Waals surface area contributed by atoms with Gasteiger partial charge in [0.2, 0.25) is 5.95 Å². The van der Waals surface area contributed by atoms with Gasteiger partial charge in [0, 0.05) is 22.6 Å². The van der Waals surface area contributed by atoms with Crippen LogP contribution in [0, 0.1) is 5.92 Å². The molecule has 2 aliphatic rings. The second kappa shape index (κ2) is 6.40. The number of benzene rings is 1. The van der Waals surface area contributed by atoms with Gasteiger partial charge in [-0.25, -0.2) is 4.68 Å². The summed E-state index contributed by atoms with van der Waals surface area (Å²) in [7, 11) is 0. The Morgan fingerprint density at radius 3 is 2.56 bits per heavy atom. The first-order chi connectivity index (χ1) is 12.8. The lowest BCUT2D eigenvalue weighted by molar-refractivity contribution is -0.145. The van der Waals surface area contributed by atoms with Gasteiger partial charge in [-0.15, -0.1) is 16.9 Å². The third kappa shape index (κ3) is 3.13. The molecule has 0 amide bonds. The van der Waals surface area contributed by atoms with Gasteiger partial charge in [0.15, 0.2) is 5.78 Å². The first-order valence-electron chi connectivity index (χ1n) is 8.49. The number of rotatable bonds is 2. The number of carbonyl (C=O) groups excluding carboxylic acids is 1. The third-order valence-corrected chi connectivity index (χ3v) is 5.55. The molecule has 9 heteroatoms. The van der Waals surface area contributed by atoms with Crippen LogP contribution in [0.25, 0.3) is 0 Å². The molecule has 0 unspecified atom stereocenters. The number of nitrogens with one attached hydrogen (secondary N) is 1. The van der Waals surface area contributed by atoms with E-state index in [0.29, 0.717) is 29.7 Å². The molecule has 1 aromatic heterocycles. The summed E-state index contributed by atoms with van der Waals surface area (Å²) in [6, 6.07) is 6.72. The number of hydrogen-bond acceptors (Lipinski definition) is 5. The van der Waals surface area contributed by atoms with Gasteiger partial charge in [0.25, 0.3) is 5.82 Å². The number of alkyl halides is 3. The maximum Gasteiger partial charge on any atom is 0.453 e. The summed E-state index contributed by atoms with van der Waals surface area (Å²) in [6.07, 6.45) is -1.75. The molecule has 2 atom stereocenters.